The number of nitrogens with two attached hydrogens (primary N) is 1. The van der Waals surface area contributed by atoms with Crippen molar-refractivity contribution in [2.45, 2.75) is 12.7 Å². The van der Waals surface area contributed by atoms with Crippen LogP contribution in [-0.2, 0) is 12.7 Å². The van der Waals surface area contributed by atoms with Crippen molar-refractivity contribution < 1.29 is 17.6 Å². The zero-order valence-corrected chi connectivity index (χ0v) is 7.75. The zero-order valence-electron chi connectivity index (χ0n) is 6.94. The van der Waals surface area contributed by atoms with Crippen molar-refractivity contribution in [3.63, 3.8) is 0 Å². The molecular formula is C8H8ClF4N. The summed E-state index contributed by atoms with van der Waals surface area (Å²) in [4.78, 5) is 0. The Hall–Kier alpha value is -0.810. The predicted octanol–water partition coefficient (Wildman–Crippen LogP) is 2.73. The largest absolute Gasteiger partial charge is 0.416 e. The summed E-state index contributed by atoms with van der Waals surface area (Å²) in [5, 5.41) is 0. The molecule has 6 heteroatoms. The molecule has 14 heavy (non-hydrogen) atoms. The van der Waals surface area contributed by atoms with Gasteiger partial charge in [0.05, 0.1) is 5.56 Å². The van der Waals surface area contributed by atoms with Gasteiger partial charge in [-0.2, -0.15) is 13.2 Å². The Labute approximate surface area is 84.3 Å². The van der Waals surface area contributed by atoms with Gasteiger partial charge in [-0.1, -0.05) is 6.07 Å². The molecule has 0 unspecified atom stereocenters. The van der Waals surface area contributed by atoms with Gasteiger partial charge in [0.1, 0.15) is 5.82 Å². The molecule has 0 aliphatic carbocycles. The Bertz CT molecular complexity index is 311. The van der Waals surface area contributed by atoms with Gasteiger partial charge >= 0.3 is 6.18 Å². The number of benzene rings is 1. The first-order chi connectivity index (χ1) is 5.95. The van der Waals surface area contributed by atoms with Crippen LogP contribution in [0.2, 0.25) is 0 Å². The molecule has 0 heterocycles. The van der Waals surface area contributed by atoms with Crippen molar-refractivity contribution in [3.8, 4) is 0 Å². The summed E-state index contributed by atoms with van der Waals surface area (Å²) in [7, 11) is 0. The first-order valence-corrected chi connectivity index (χ1v) is 3.51. The van der Waals surface area contributed by atoms with E-state index in [-0.39, 0.29) is 24.5 Å². The van der Waals surface area contributed by atoms with E-state index in [4.69, 9.17) is 5.73 Å². The van der Waals surface area contributed by atoms with Crippen LogP contribution in [0.3, 0.4) is 0 Å². The van der Waals surface area contributed by atoms with Crippen LogP contribution in [0.5, 0.6) is 0 Å². The van der Waals surface area contributed by atoms with E-state index in [1.807, 2.05) is 0 Å². The SMILES string of the molecule is Cl.NCc1ccc(F)cc1C(F)(F)F. The maximum absolute atomic E-state index is 12.5. The number of hydrogen-bond donors (Lipinski definition) is 1. The van der Waals surface area contributed by atoms with Crippen molar-refractivity contribution in [3.05, 3.63) is 35.1 Å². The molecule has 1 rings (SSSR count). The van der Waals surface area contributed by atoms with E-state index < -0.39 is 17.6 Å². The lowest BCUT2D eigenvalue weighted by molar-refractivity contribution is -0.138. The zero-order chi connectivity index (χ0) is 10.1. The Balaban J connectivity index is 0.00000169. The Morgan fingerprint density at radius 3 is 2.21 bits per heavy atom. The Morgan fingerprint density at radius 1 is 1.21 bits per heavy atom. The molecule has 2 N–H and O–H groups in total. The molecule has 0 saturated carbocycles. The summed E-state index contributed by atoms with van der Waals surface area (Å²) in [6, 6.07) is 2.44. The standard InChI is InChI=1S/C8H7F4N.ClH/c9-6-2-1-5(4-13)7(3-6)8(10,11)12;/h1-3H,4,13H2;1H. The molecular weight excluding hydrogens is 222 g/mol. The molecule has 0 saturated heterocycles. The molecule has 0 atom stereocenters. The molecule has 0 aromatic heterocycles. The topological polar surface area (TPSA) is 26.0 Å². The van der Waals surface area contributed by atoms with Crippen LogP contribution in [0.25, 0.3) is 0 Å². The first kappa shape index (κ1) is 13.2. The highest BCUT2D eigenvalue weighted by molar-refractivity contribution is 5.85. The number of alkyl halides is 3. The van der Waals surface area contributed by atoms with Crippen LogP contribution >= 0.6 is 12.4 Å². The van der Waals surface area contributed by atoms with Gasteiger partial charge in [-0.15, -0.1) is 12.4 Å². The highest BCUT2D eigenvalue weighted by Crippen LogP contribution is 2.32. The first-order valence-electron chi connectivity index (χ1n) is 3.51. The minimum absolute atomic E-state index is 0. The molecule has 1 nitrogen and oxygen atoms in total. The monoisotopic (exact) mass is 229 g/mol. The number of halogens is 5. The van der Waals surface area contributed by atoms with Crippen LogP contribution < -0.4 is 5.73 Å². The summed E-state index contributed by atoms with van der Waals surface area (Å²) >= 11 is 0. The van der Waals surface area contributed by atoms with Crippen molar-refractivity contribution in [1.82, 2.24) is 0 Å². The molecule has 0 radical (unpaired) electrons. The summed E-state index contributed by atoms with van der Waals surface area (Å²) in [5.41, 5.74) is 3.97. The molecule has 0 bridgehead atoms. The average Bonchev–Trinajstić information content (AvgIpc) is 2.03. The van der Waals surface area contributed by atoms with Crippen molar-refractivity contribution in [1.29, 1.82) is 0 Å². The van der Waals surface area contributed by atoms with Gasteiger partial charge in [0.25, 0.3) is 0 Å². The van der Waals surface area contributed by atoms with Crippen LogP contribution in [0.4, 0.5) is 17.6 Å². The Morgan fingerprint density at radius 2 is 1.79 bits per heavy atom. The third kappa shape index (κ3) is 2.85. The molecule has 0 fully saturated rings. The quantitative estimate of drug-likeness (QED) is 0.737. The fraction of sp³-hybridized carbons (Fsp3) is 0.250. The van der Waals surface area contributed by atoms with Crippen molar-refractivity contribution in [2.24, 2.45) is 5.73 Å². The third-order valence-corrected chi connectivity index (χ3v) is 1.60. The van der Waals surface area contributed by atoms with Gasteiger partial charge in [-0.05, 0) is 17.7 Å². The summed E-state index contributed by atoms with van der Waals surface area (Å²) in [6.07, 6.45) is -4.54. The van der Waals surface area contributed by atoms with E-state index in [0.29, 0.717) is 6.07 Å². The fourth-order valence-corrected chi connectivity index (χ4v) is 0.991. The molecule has 0 aliphatic rings. The van der Waals surface area contributed by atoms with E-state index in [9.17, 15) is 17.6 Å². The summed E-state index contributed by atoms with van der Waals surface area (Å²) in [6.45, 7) is -0.255. The van der Waals surface area contributed by atoms with E-state index >= 15 is 0 Å². The average molecular weight is 230 g/mol. The fourth-order valence-electron chi connectivity index (χ4n) is 0.991. The van der Waals surface area contributed by atoms with E-state index in [0.717, 1.165) is 12.1 Å². The molecule has 1 aromatic rings. The lowest BCUT2D eigenvalue weighted by atomic mass is 10.1. The van der Waals surface area contributed by atoms with Crippen molar-refractivity contribution in [2.75, 3.05) is 0 Å². The Kier molecular flexibility index (Phi) is 4.35. The number of hydrogen-bond acceptors (Lipinski definition) is 1. The molecule has 80 valence electrons. The lowest BCUT2D eigenvalue weighted by Crippen LogP contribution is -2.12. The van der Waals surface area contributed by atoms with Crippen molar-refractivity contribution >= 4 is 12.4 Å². The second kappa shape index (κ2) is 4.61. The van der Waals surface area contributed by atoms with Crippen LogP contribution in [0.1, 0.15) is 11.1 Å². The van der Waals surface area contributed by atoms with E-state index in [1.165, 1.54) is 0 Å². The maximum atomic E-state index is 12.5. The van der Waals surface area contributed by atoms with E-state index in [2.05, 4.69) is 0 Å². The van der Waals surface area contributed by atoms with Gasteiger partial charge < -0.3 is 5.73 Å². The minimum atomic E-state index is -4.54. The highest BCUT2D eigenvalue weighted by atomic mass is 35.5. The van der Waals surface area contributed by atoms with Gasteiger partial charge in [0.2, 0.25) is 0 Å². The van der Waals surface area contributed by atoms with Gasteiger partial charge in [-0.3, -0.25) is 0 Å². The summed E-state index contributed by atoms with van der Waals surface area (Å²) < 4.78 is 49.1. The second-order valence-corrected chi connectivity index (χ2v) is 2.50. The normalized spacial score (nSPS) is 10.9. The van der Waals surface area contributed by atoms with Gasteiger partial charge in [0, 0.05) is 6.54 Å². The summed E-state index contributed by atoms with van der Waals surface area (Å²) in [5.74, 6) is -0.912. The molecule has 0 amide bonds. The minimum Gasteiger partial charge on any atom is -0.326 e. The third-order valence-electron chi connectivity index (χ3n) is 1.60. The molecule has 1 aromatic carbocycles. The lowest BCUT2D eigenvalue weighted by Gasteiger charge is -2.10. The molecule has 0 spiro atoms. The van der Waals surface area contributed by atoms with Gasteiger partial charge in [-0.25, -0.2) is 4.39 Å². The second-order valence-electron chi connectivity index (χ2n) is 2.50. The highest BCUT2D eigenvalue weighted by Gasteiger charge is 2.33. The van der Waals surface area contributed by atoms with Gasteiger partial charge in [0.15, 0.2) is 0 Å². The predicted molar refractivity (Wildman–Crippen MR) is 46.5 cm³/mol. The van der Waals surface area contributed by atoms with Crippen LogP contribution in [0, 0.1) is 5.82 Å². The van der Waals surface area contributed by atoms with Crippen LogP contribution in [-0.4, -0.2) is 0 Å². The maximum Gasteiger partial charge on any atom is 0.416 e. The number of rotatable bonds is 1. The molecule has 0 aliphatic heterocycles. The van der Waals surface area contributed by atoms with Crippen LogP contribution in [0.15, 0.2) is 18.2 Å². The smallest absolute Gasteiger partial charge is 0.326 e. The van der Waals surface area contributed by atoms with E-state index in [1.54, 1.807) is 0 Å².